The van der Waals surface area contributed by atoms with Crippen molar-refractivity contribution in [3.8, 4) is 0 Å². The topological polar surface area (TPSA) is 143 Å². The Morgan fingerprint density at radius 3 is 2.07 bits per heavy atom. The normalized spacial score (nSPS) is 18.4. The number of carbonyl (C=O) groups excluding carboxylic acids is 5. The third-order valence-electron chi connectivity index (χ3n) is 8.34. The molecule has 0 unspecified atom stereocenters. The lowest BCUT2D eigenvalue weighted by molar-refractivity contribution is -0.168. The van der Waals surface area contributed by atoms with E-state index in [-0.39, 0.29) is 18.4 Å². The van der Waals surface area contributed by atoms with E-state index in [1.54, 1.807) is 25.7 Å². The quantitative estimate of drug-likeness (QED) is 0.185. The maximum absolute atomic E-state index is 14.0. The molecular weight excluding hydrogens is 588 g/mol. The molecule has 6 atom stereocenters. The third kappa shape index (κ3) is 9.08. The molecular formula is C35H48N4O7. The number of benzene rings is 2. The van der Waals surface area contributed by atoms with Gasteiger partial charge in [0.05, 0.1) is 19.1 Å². The van der Waals surface area contributed by atoms with Gasteiger partial charge in [-0.25, -0.2) is 9.59 Å². The van der Waals surface area contributed by atoms with Gasteiger partial charge in [-0.1, -0.05) is 101 Å². The summed E-state index contributed by atoms with van der Waals surface area (Å²) in [6.45, 7) is 9.02. The number of rotatable bonds is 16. The van der Waals surface area contributed by atoms with Crippen LogP contribution in [0.4, 0.5) is 4.79 Å². The van der Waals surface area contributed by atoms with Gasteiger partial charge in [0.1, 0.15) is 24.7 Å². The summed E-state index contributed by atoms with van der Waals surface area (Å²) in [4.78, 5) is 67.2. The maximum Gasteiger partial charge on any atom is 0.407 e. The van der Waals surface area contributed by atoms with Crippen molar-refractivity contribution < 1.29 is 33.4 Å². The number of methoxy groups -OCH3 is 1. The van der Waals surface area contributed by atoms with Crippen molar-refractivity contribution in [1.82, 2.24) is 20.9 Å². The van der Waals surface area contributed by atoms with Gasteiger partial charge in [-0.05, 0) is 36.8 Å². The van der Waals surface area contributed by atoms with Gasteiger partial charge in [0.2, 0.25) is 17.7 Å². The van der Waals surface area contributed by atoms with Crippen LogP contribution in [-0.2, 0) is 35.3 Å². The van der Waals surface area contributed by atoms with Gasteiger partial charge in [-0.3, -0.25) is 14.4 Å². The van der Waals surface area contributed by atoms with E-state index in [0.29, 0.717) is 12.8 Å². The van der Waals surface area contributed by atoms with Crippen molar-refractivity contribution in [1.29, 1.82) is 0 Å². The number of nitrogens with zero attached hydrogens (tertiary/aromatic N) is 1. The fourth-order valence-corrected chi connectivity index (χ4v) is 5.76. The number of nitrogens with one attached hydrogen (secondary N) is 3. The van der Waals surface area contributed by atoms with Gasteiger partial charge in [0.15, 0.2) is 0 Å². The molecule has 0 aromatic heterocycles. The summed E-state index contributed by atoms with van der Waals surface area (Å²) in [7, 11) is 1.25. The summed E-state index contributed by atoms with van der Waals surface area (Å²) in [5, 5.41) is 8.33. The molecule has 0 aliphatic carbocycles. The van der Waals surface area contributed by atoms with E-state index < -0.39 is 60.0 Å². The van der Waals surface area contributed by atoms with Crippen molar-refractivity contribution in [3.63, 3.8) is 0 Å². The van der Waals surface area contributed by atoms with Crippen LogP contribution in [0, 0.1) is 11.8 Å². The van der Waals surface area contributed by atoms with Crippen LogP contribution in [0.2, 0.25) is 0 Å². The number of carbonyl (C=O) groups is 5. The molecule has 11 heteroatoms. The van der Waals surface area contributed by atoms with Crippen LogP contribution in [-0.4, -0.2) is 66.0 Å². The molecule has 1 aliphatic heterocycles. The summed E-state index contributed by atoms with van der Waals surface area (Å²) in [5.74, 6) is -2.72. The van der Waals surface area contributed by atoms with E-state index in [1.807, 2.05) is 67.6 Å². The number of hydrogen-bond donors (Lipinski definition) is 3. The van der Waals surface area contributed by atoms with Crippen LogP contribution in [0.15, 0.2) is 60.7 Å². The van der Waals surface area contributed by atoms with Crippen LogP contribution in [0.5, 0.6) is 0 Å². The van der Waals surface area contributed by atoms with E-state index in [0.717, 1.165) is 24.0 Å². The lowest BCUT2D eigenvalue weighted by Gasteiger charge is -2.53. The highest BCUT2D eigenvalue weighted by atomic mass is 16.5. The Labute approximate surface area is 271 Å². The SMILES string of the molecule is CCCC[C@H](NC(=O)OCc1ccccc1)[C@H]1C(=O)N([C@@H](CC)C(=O)N[C@@H](C)C(=O)N[C@H](C(=O)OC)C(C)C)[C@@H]1c1ccccc1. The van der Waals surface area contributed by atoms with Crippen molar-refractivity contribution >= 4 is 29.8 Å². The molecule has 0 saturated carbocycles. The summed E-state index contributed by atoms with van der Waals surface area (Å²) in [6, 6.07) is 15.0. The summed E-state index contributed by atoms with van der Waals surface area (Å²) in [5.41, 5.74) is 1.68. The fourth-order valence-electron chi connectivity index (χ4n) is 5.76. The number of ether oxygens (including phenoxy) is 2. The molecule has 0 radical (unpaired) electrons. The van der Waals surface area contributed by atoms with Crippen LogP contribution in [0.1, 0.15) is 77.5 Å². The number of esters is 1. The summed E-state index contributed by atoms with van der Waals surface area (Å²) >= 11 is 0. The van der Waals surface area contributed by atoms with Gasteiger partial charge < -0.3 is 30.3 Å². The zero-order chi connectivity index (χ0) is 33.8. The zero-order valence-electron chi connectivity index (χ0n) is 27.7. The van der Waals surface area contributed by atoms with Crippen LogP contribution < -0.4 is 16.0 Å². The second-order valence-electron chi connectivity index (χ2n) is 12.0. The Kier molecular flexibility index (Phi) is 13.6. The second kappa shape index (κ2) is 17.3. The molecule has 1 aliphatic rings. The molecule has 0 spiro atoms. The van der Waals surface area contributed by atoms with Crippen molar-refractivity contribution in [2.45, 2.75) is 97.1 Å². The number of β-lactam (4-membered cyclic amide) rings is 1. The number of hydrogen-bond acceptors (Lipinski definition) is 7. The predicted molar refractivity (Wildman–Crippen MR) is 173 cm³/mol. The van der Waals surface area contributed by atoms with Crippen molar-refractivity contribution in [2.75, 3.05) is 7.11 Å². The van der Waals surface area contributed by atoms with Crippen molar-refractivity contribution in [3.05, 3.63) is 71.8 Å². The highest BCUT2D eigenvalue weighted by molar-refractivity contribution is 5.96. The molecule has 4 amide bonds. The fraction of sp³-hybridized carbons (Fsp3) is 0.514. The van der Waals surface area contributed by atoms with Gasteiger partial charge >= 0.3 is 12.1 Å². The average molecular weight is 637 g/mol. The van der Waals surface area contributed by atoms with Crippen molar-refractivity contribution in [2.24, 2.45) is 11.8 Å². The maximum atomic E-state index is 14.0. The van der Waals surface area contributed by atoms with E-state index in [2.05, 4.69) is 16.0 Å². The van der Waals surface area contributed by atoms with E-state index >= 15 is 0 Å². The molecule has 3 N–H and O–H groups in total. The Hall–Kier alpha value is -4.41. The van der Waals surface area contributed by atoms with E-state index in [1.165, 1.54) is 14.0 Å². The Bertz CT molecular complexity index is 1320. The summed E-state index contributed by atoms with van der Waals surface area (Å²) < 4.78 is 10.3. The lowest BCUT2D eigenvalue weighted by Crippen LogP contribution is -2.67. The standard InChI is InChI=1S/C35H48N4O7/c1-7-9-20-26(37-35(44)46-21-24-16-12-10-13-17-24)28-30(25-18-14-11-15-19-25)39(33(28)42)27(8-2)32(41)36-23(5)31(40)38-29(22(3)4)34(43)45-6/h10-19,22-23,26-30H,7-9,20-21H2,1-6H3,(H,36,41)(H,37,44)(H,38,40)/t23-,26-,27-,28+,29-,30+/m0/s1. The molecule has 3 rings (SSSR count). The molecule has 46 heavy (non-hydrogen) atoms. The molecule has 250 valence electrons. The number of amides is 4. The van der Waals surface area contributed by atoms with E-state index in [4.69, 9.17) is 9.47 Å². The number of likely N-dealkylation sites (tertiary alicyclic amines) is 1. The predicted octanol–water partition coefficient (Wildman–Crippen LogP) is 4.27. The van der Waals surface area contributed by atoms with Gasteiger partial charge in [-0.2, -0.15) is 0 Å². The molecule has 2 aromatic carbocycles. The Morgan fingerprint density at radius 2 is 1.50 bits per heavy atom. The first-order valence-corrected chi connectivity index (χ1v) is 16.1. The highest BCUT2D eigenvalue weighted by Crippen LogP contribution is 2.45. The highest BCUT2D eigenvalue weighted by Gasteiger charge is 2.55. The average Bonchev–Trinajstić information content (AvgIpc) is 3.05. The first kappa shape index (κ1) is 36.1. The smallest absolute Gasteiger partial charge is 0.407 e. The van der Waals surface area contributed by atoms with E-state index in [9.17, 15) is 24.0 Å². The number of unbranched alkanes of at least 4 members (excludes halogenated alkanes) is 1. The molecule has 2 aromatic rings. The zero-order valence-corrected chi connectivity index (χ0v) is 27.7. The summed E-state index contributed by atoms with van der Waals surface area (Å²) in [6.07, 6.45) is 1.89. The molecule has 0 bridgehead atoms. The first-order chi connectivity index (χ1) is 22.0. The molecule has 1 heterocycles. The molecule has 11 nitrogen and oxygen atoms in total. The minimum Gasteiger partial charge on any atom is -0.467 e. The Balaban J connectivity index is 1.80. The van der Waals surface area contributed by atoms with Crippen LogP contribution in [0.25, 0.3) is 0 Å². The van der Waals surface area contributed by atoms with Gasteiger partial charge in [-0.15, -0.1) is 0 Å². The minimum absolute atomic E-state index is 0.0986. The molecule has 1 fully saturated rings. The lowest BCUT2D eigenvalue weighted by atomic mass is 9.74. The first-order valence-electron chi connectivity index (χ1n) is 16.1. The third-order valence-corrected chi connectivity index (χ3v) is 8.34. The Morgan fingerprint density at radius 1 is 0.870 bits per heavy atom. The monoisotopic (exact) mass is 636 g/mol. The van der Waals surface area contributed by atoms with Crippen LogP contribution >= 0.6 is 0 Å². The van der Waals surface area contributed by atoms with Crippen LogP contribution in [0.3, 0.4) is 0 Å². The number of alkyl carbamates (subject to hydrolysis) is 1. The largest absolute Gasteiger partial charge is 0.467 e. The van der Waals surface area contributed by atoms with Gasteiger partial charge in [0.25, 0.3) is 0 Å². The minimum atomic E-state index is -0.979. The molecule has 1 saturated heterocycles. The second-order valence-corrected chi connectivity index (χ2v) is 12.0. The van der Waals surface area contributed by atoms with Gasteiger partial charge in [0, 0.05) is 6.04 Å².